The molecule has 0 atom stereocenters. The van der Waals surface area contributed by atoms with Gasteiger partial charge in [0.15, 0.2) is 0 Å². The van der Waals surface area contributed by atoms with Gasteiger partial charge in [-0.25, -0.2) is 4.98 Å². The fraction of sp³-hybridized carbons (Fsp3) is 0.333. The first-order valence-corrected chi connectivity index (χ1v) is 12.4. The zero-order valence-electron chi connectivity index (χ0n) is 27.1. The second kappa shape index (κ2) is 8.89. The molecule has 0 spiro atoms. The fourth-order valence-corrected chi connectivity index (χ4v) is 4.90. The fourth-order valence-electron chi connectivity index (χ4n) is 4.90. The molecular formula is C33H36N2O. The number of nitrogens with zero attached hydrogens (tertiary/aromatic N) is 2. The monoisotopic (exact) mass is 481 g/mol. The molecule has 0 radical (unpaired) electrons. The van der Waals surface area contributed by atoms with Crippen LogP contribution in [-0.2, 0) is 5.41 Å². The van der Waals surface area contributed by atoms with E-state index in [2.05, 4.69) is 4.98 Å². The molecule has 0 aliphatic rings. The summed E-state index contributed by atoms with van der Waals surface area (Å²) < 4.78 is 48.1. The maximum absolute atomic E-state index is 8.80. The van der Waals surface area contributed by atoms with Crippen molar-refractivity contribution in [1.82, 2.24) is 9.97 Å². The van der Waals surface area contributed by atoms with Crippen molar-refractivity contribution in [3.63, 3.8) is 0 Å². The van der Waals surface area contributed by atoms with Gasteiger partial charge in [0.2, 0.25) is 5.71 Å². The van der Waals surface area contributed by atoms with Crippen LogP contribution in [0.1, 0.15) is 89.4 Å². The van der Waals surface area contributed by atoms with Crippen LogP contribution in [0.3, 0.4) is 0 Å². The van der Waals surface area contributed by atoms with E-state index in [1.165, 1.54) is 6.20 Å². The summed E-state index contributed by atoms with van der Waals surface area (Å²) in [6, 6.07) is 17.4. The number of aromatic nitrogens is 2. The van der Waals surface area contributed by atoms with E-state index in [1.807, 2.05) is 103 Å². The Morgan fingerprint density at radius 2 is 1.56 bits per heavy atom. The van der Waals surface area contributed by atoms with Crippen molar-refractivity contribution in [2.24, 2.45) is 0 Å². The molecule has 3 nitrogen and oxygen atoms in total. The molecule has 0 amide bonds. The molecule has 0 saturated heterocycles. The molecule has 2 aromatic carbocycles. The molecule has 3 heterocycles. The second-order valence-corrected chi connectivity index (χ2v) is 10.9. The number of furan rings is 1. The predicted octanol–water partition coefficient (Wildman–Crippen LogP) is 9.56. The Morgan fingerprint density at radius 3 is 2.19 bits per heavy atom. The minimum Gasteiger partial charge on any atom is -0.437 e. The summed E-state index contributed by atoms with van der Waals surface area (Å²) in [5.74, 6) is -1.79. The lowest BCUT2D eigenvalue weighted by molar-refractivity contribution is 0.585. The molecular weight excluding hydrogens is 440 g/mol. The van der Waals surface area contributed by atoms with Crippen LogP contribution >= 0.6 is 0 Å². The van der Waals surface area contributed by atoms with Gasteiger partial charge in [0.1, 0.15) is 5.58 Å². The summed E-state index contributed by atoms with van der Waals surface area (Å²) in [5, 5.41) is 1.72. The lowest BCUT2D eigenvalue weighted by Crippen LogP contribution is -2.13. The molecule has 0 N–H and O–H groups in total. The van der Waals surface area contributed by atoms with E-state index < -0.39 is 24.1 Å². The van der Waals surface area contributed by atoms with Crippen LogP contribution in [0.15, 0.2) is 65.2 Å². The average Bonchev–Trinajstić information content (AvgIpc) is 3.24. The second-order valence-electron chi connectivity index (χ2n) is 10.9. The third-order valence-corrected chi connectivity index (χ3v) is 6.75. The van der Waals surface area contributed by atoms with Gasteiger partial charge in [-0.3, -0.25) is 4.98 Å². The van der Waals surface area contributed by atoms with Crippen LogP contribution in [0.2, 0.25) is 0 Å². The van der Waals surface area contributed by atoms with Crippen LogP contribution in [0.25, 0.3) is 44.6 Å². The van der Waals surface area contributed by atoms with Crippen LogP contribution in [0.5, 0.6) is 0 Å². The zero-order chi connectivity index (χ0) is 30.1. The average molecular weight is 482 g/mol. The van der Waals surface area contributed by atoms with Crippen LogP contribution in [0.4, 0.5) is 0 Å². The molecule has 0 fully saturated rings. The van der Waals surface area contributed by atoms with E-state index in [4.69, 9.17) is 16.3 Å². The zero-order valence-corrected chi connectivity index (χ0v) is 22.1. The van der Waals surface area contributed by atoms with Gasteiger partial charge in [-0.2, -0.15) is 0 Å². The van der Waals surface area contributed by atoms with Crippen LogP contribution < -0.4 is 0 Å². The molecule has 3 aromatic heterocycles. The predicted molar refractivity (Wildman–Crippen MR) is 152 cm³/mol. The number of rotatable bonds is 4. The maximum atomic E-state index is 8.80. The quantitative estimate of drug-likeness (QED) is 0.256. The molecule has 0 saturated carbocycles. The van der Waals surface area contributed by atoms with E-state index in [9.17, 15) is 0 Å². The Hall–Kier alpha value is -3.46. The Labute approximate surface area is 221 Å². The number of hydrogen-bond donors (Lipinski definition) is 0. The number of pyridine rings is 2. The SMILES string of the molecule is [2H]C([2H])([2H])c1cnc(-c2cccc3c2oc2nc(-c4c(C([2H])(C)C)cccc4C([2H])(C)C)ccc23)cc1C(C)(C)C. The number of fused-ring (bicyclic) bond motifs is 3. The summed E-state index contributed by atoms with van der Waals surface area (Å²) in [6.45, 7) is 11.1. The summed E-state index contributed by atoms with van der Waals surface area (Å²) in [4.78, 5) is 9.51. The van der Waals surface area contributed by atoms with Crippen molar-refractivity contribution < 1.29 is 11.3 Å². The third-order valence-electron chi connectivity index (χ3n) is 6.75. The van der Waals surface area contributed by atoms with E-state index in [0.29, 0.717) is 22.7 Å². The Kier molecular flexibility index (Phi) is 4.63. The first-order chi connectivity index (χ1) is 18.9. The highest BCUT2D eigenvalue weighted by atomic mass is 16.3. The van der Waals surface area contributed by atoms with E-state index >= 15 is 0 Å². The molecule has 0 bridgehead atoms. The summed E-state index contributed by atoms with van der Waals surface area (Å²) in [5.41, 5.74) is 6.06. The molecule has 184 valence electrons. The van der Waals surface area contributed by atoms with Gasteiger partial charge in [-0.1, -0.05) is 78.8 Å². The normalized spacial score (nSPS) is 15.4. The maximum Gasteiger partial charge on any atom is 0.227 e. The number of aryl methyl sites for hydroxylation is 1. The highest BCUT2D eigenvalue weighted by molar-refractivity contribution is 6.08. The molecule has 36 heavy (non-hydrogen) atoms. The van der Waals surface area contributed by atoms with E-state index in [0.717, 1.165) is 38.6 Å². The molecule has 0 aliphatic carbocycles. The third kappa shape index (κ3) is 4.11. The lowest BCUT2D eigenvalue weighted by Gasteiger charge is -2.22. The van der Waals surface area contributed by atoms with Crippen LogP contribution in [-0.4, -0.2) is 9.97 Å². The first kappa shape index (κ1) is 18.8. The molecule has 0 unspecified atom stereocenters. The van der Waals surface area contributed by atoms with Crippen molar-refractivity contribution in [2.75, 3.05) is 0 Å². The van der Waals surface area contributed by atoms with E-state index in [-0.39, 0.29) is 5.56 Å². The van der Waals surface area contributed by atoms with Gasteiger partial charge in [0.05, 0.1) is 11.4 Å². The smallest absolute Gasteiger partial charge is 0.227 e. The van der Waals surface area contributed by atoms with Gasteiger partial charge >= 0.3 is 0 Å². The summed E-state index contributed by atoms with van der Waals surface area (Å²) in [7, 11) is 0. The topological polar surface area (TPSA) is 38.9 Å². The minimum absolute atomic E-state index is 0.251. The highest BCUT2D eigenvalue weighted by Crippen LogP contribution is 2.39. The largest absolute Gasteiger partial charge is 0.437 e. The Bertz CT molecular complexity index is 1750. The van der Waals surface area contributed by atoms with Gasteiger partial charge in [-0.15, -0.1) is 0 Å². The number of benzene rings is 2. The number of para-hydroxylation sites is 1. The van der Waals surface area contributed by atoms with E-state index in [1.54, 1.807) is 0 Å². The highest BCUT2D eigenvalue weighted by Gasteiger charge is 2.21. The van der Waals surface area contributed by atoms with Crippen molar-refractivity contribution in [3.8, 4) is 22.5 Å². The van der Waals surface area contributed by atoms with Crippen molar-refractivity contribution in [1.29, 1.82) is 0 Å². The van der Waals surface area contributed by atoms with Crippen molar-refractivity contribution >= 4 is 22.1 Å². The van der Waals surface area contributed by atoms with Gasteiger partial charge in [0, 0.05) is 34.9 Å². The molecule has 5 aromatic rings. The Morgan fingerprint density at radius 1 is 0.861 bits per heavy atom. The molecule has 5 rings (SSSR count). The van der Waals surface area contributed by atoms with Gasteiger partial charge in [0.25, 0.3) is 0 Å². The van der Waals surface area contributed by atoms with Gasteiger partial charge in [-0.05, 0) is 70.6 Å². The lowest BCUT2D eigenvalue weighted by atomic mass is 9.84. The standard InChI is InChI=1S/C33H36N2O/c1-19(2)22-11-9-12-23(20(3)4)30(22)28-16-15-25-24-13-10-14-26(31(24)36-32(25)35-28)29-17-27(33(6,7)8)21(5)18-34-29/h9-20H,1-8H3/i5D3,19D,20D. The molecule has 3 heteroatoms. The molecule has 0 aliphatic heterocycles. The minimum atomic E-state index is -2.27. The summed E-state index contributed by atoms with van der Waals surface area (Å²) in [6.07, 6.45) is 1.46. The van der Waals surface area contributed by atoms with Gasteiger partial charge < -0.3 is 4.42 Å². The first-order valence-electron chi connectivity index (χ1n) is 14.9. The van der Waals surface area contributed by atoms with Crippen LogP contribution in [0, 0.1) is 6.85 Å². The summed E-state index contributed by atoms with van der Waals surface area (Å²) >= 11 is 0. The Balaban J connectivity index is 1.74. The number of hydrogen-bond acceptors (Lipinski definition) is 3. The van der Waals surface area contributed by atoms with Crippen molar-refractivity contribution in [3.05, 3.63) is 83.0 Å². The van der Waals surface area contributed by atoms with Crippen molar-refractivity contribution in [2.45, 2.75) is 72.5 Å².